The number of hydrogen-bond donors (Lipinski definition) is 2. The Kier molecular flexibility index (Phi) is 8.30. The SMILES string of the molecule is O=C(NC(=S)Nc1cccc(C(=O)N2CCCC2)c1)c1cccc(OCCOc2ccccc2)c1. The molecule has 7 nitrogen and oxygen atoms in total. The highest BCUT2D eigenvalue weighted by Gasteiger charge is 2.19. The normalized spacial score (nSPS) is 12.6. The van der Waals surface area contributed by atoms with Crippen LogP contribution in [0.5, 0.6) is 11.5 Å². The summed E-state index contributed by atoms with van der Waals surface area (Å²) >= 11 is 5.31. The average Bonchev–Trinajstić information content (AvgIpc) is 3.42. The van der Waals surface area contributed by atoms with Gasteiger partial charge in [-0.1, -0.05) is 30.3 Å². The van der Waals surface area contributed by atoms with Gasteiger partial charge in [0, 0.05) is 29.9 Å². The second-order valence-corrected chi connectivity index (χ2v) is 8.43. The van der Waals surface area contributed by atoms with E-state index in [2.05, 4.69) is 10.6 Å². The number of carbonyl (C=O) groups excluding carboxylic acids is 2. The minimum Gasteiger partial charge on any atom is -0.490 e. The molecule has 0 atom stereocenters. The van der Waals surface area contributed by atoms with Gasteiger partial charge in [-0.25, -0.2) is 0 Å². The monoisotopic (exact) mass is 489 g/mol. The Bertz CT molecular complexity index is 1180. The van der Waals surface area contributed by atoms with E-state index in [4.69, 9.17) is 21.7 Å². The molecule has 180 valence electrons. The topological polar surface area (TPSA) is 79.9 Å². The van der Waals surface area contributed by atoms with Gasteiger partial charge in [-0.05, 0) is 73.6 Å². The summed E-state index contributed by atoms with van der Waals surface area (Å²) in [7, 11) is 0. The Morgan fingerprint density at radius 3 is 2.23 bits per heavy atom. The van der Waals surface area contributed by atoms with E-state index in [1.807, 2.05) is 35.2 Å². The van der Waals surface area contributed by atoms with E-state index in [1.165, 1.54) is 0 Å². The van der Waals surface area contributed by atoms with Crippen molar-refractivity contribution in [3.05, 3.63) is 90.0 Å². The molecule has 3 aromatic carbocycles. The van der Waals surface area contributed by atoms with Crippen LogP contribution in [0.4, 0.5) is 5.69 Å². The minimum absolute atomic E-state index is 0.00656. The van der Waals surface area contributed by atoms with Crippen LogP contribution >= 0.6 is 12.2 Å². The number of amides is 2. The Hall–Kier alpha value is -3.91. The second kappa shape index (κ2) is 12.0. The molecule has 3 aromatic rings. The summed E-state index contributed by atoms with van der Waals surface area (Å²) in [5.74, 6) is 0.974. The molecule has 0 spiro atoms. The highest BCUT2D eigenvalue weighted by Crippen LogP contribution is 2.17. The fourth-order valence-electron chi connectivity index (χ4n) is 3.73. The van der Waals surface area contributed by atoms with Gasteiger partial charge < -0.3 is 19.7 Å². The van der Waals surface area contributed by atoms with Crippen LogP contribution in [0.1, 0.15) is 33.6 Å². The molecule has 0 aliphatic carbocycles. The fourth-order valence-corrected chi connectivity index (χ4v) is 3.94. The molecule has 0 bridgehead atoms. The molecule has 1 heterocycles. The Morgan fingerprint density at radius 1 is 0.800 bits per heavy atom. The number of benzene rings is 3. The van der Waals surface area contributed by atoms with Crippen LogP contribution in [0.2, 0.25) is 0 Å². The summed E-state index contributed by atoms with van der Waals surface area (Å²) < 4.78 is 11.3. The maximum Gasteiger partial charge on any atom is 0.257 e. The van der Waals surface area contributed by atoms with Crippen LogP contribution in [-0.2, 0) is 0 Å². The zero-order valence-corrected chi connectivity index (χ0v) is 20.1. The molecule has 0 saturated carbocycles. The van der Waals surface area contributed by atoms with E-state index in [-0.39, 0.29) is 16.9 Å². The lowest BCUT2D eigenvalue weighted by molar-refractivity contribution is 0.0792. The quantitative estimate of drug-likeness (QED) is 0.358. The third-order valence-electron chi connectivity index (χ3n) is 5.45. The number of nitrogens with one attached hydrogen (secondary N) is 2. The summed E-state index contributed by atoms with van der Waals surface area (Å²) in [4.78, 5) is 27.2. The molecule has 2 amide bonds. The van der Waals surface area contributed by atoms with Gasteiger partial charge >= 0.3 is 0 Å². The molecular formula is C27H27N3O4S. The summed E-state index contributed by atoms with van der Waals surface area (Å²) in [6.45, 7) is 2.29. The number of thiocarbonyl (C=S) groups is 1. The molecule has 8 heteroatoms. The lowest BCUT2D eigenvalue weighted by Crippen LogP contribution is -2.34. The fraction of sp³-hybridized carbons (Fsp3) is 0.222. The molecule has 1 aliphatic heterocycles. The lowest BCUT2D eigenvalue weighted by Gasteiger charge is -2.16. The minimum atomic E-state index is -0.363. The maximum atomic E-state index is 12.7. The van der Waals surface area contributed by atoms with Gasteiger partial charge in [0.05, 0.1) is 0 Å². The van der Waals surface area contributed by atoms with Crippen molar-refractivity contribution < 1.29 is 19.1 Å². The van der Waals surface area contributed by atoms with Gasteiger partial charge in [0.2, 0.25) is 0 Å². The number of likely N-dealkylation sites (tertiary alicyclic amines) is 1. The lowest BCUT2D eigenvalue weighted by atomic mass is 10.1. The van der Waals surface area contributed by atoms with Crippen molar-refractivity contribution in [1.82, 2.24) is 10.2 Å². The molecule has 0 aromatic heterocycles. The van der Waals surface area contributed by atoms with Crippen molar-refractivity contribution in [3.8, 4) is 11.5 Å². The summed E-state index contributed by atoms with van der Waals surface area (Å²) in [5, 5.41) is 5.79. The predicted octanol–water partition coefficient (Wildman–Crippen LogP) is 4.51. The van der Waals surface area contributed by atoms with E-state index >= 15 is 0 Å². The summed E-state index contributed by atoms with van der Waals surface area (Å²) in [5.41, 5.74) is 1.64. The van der Waals surface area contributed by atoms with Gasteiger partial charge in [0.25, 0.3) is 11.8 Å². The van der Waals surface area contributed by atoms with E-state index < -0.39 is 0 Å². The smallest absolute Gasteiger partial charge is 0.257 e. The first-order valence-corrected chi connectivity index (χ1v) is 11.9. The van der Waals surface area contributed by atoms with Gasteiger partial charge in [0.15, 0.2) is 5.11 Å². The first-order chi connectivity index (χ1) is 17.1. The highest BCUT2D eigenvalue weighted by atomic mass is 32.1. The Balaban J connectivity index is 1.27. The number of anilines is 1. The van der Waals surface area contributed by atoms with Gasteiger partial charge in [-0.2, -0.15) is 0 Å². The largest absolute Gasteiger partial charge is 0.490 e. The second-order valence-electron chi connectivity index (χ2n) is 8.03. The molecule has 1 fully saturated rings. The molecule has 4 rings (SSSR count). The summed E-state index contributed by atoms with van der Waals surface area (Å²) in [6.07, 6.45) is 2.07. The van der Waals surface area contributed by atoms with Gasteiger partial charge in [-0.15, -0.1) is 0 Å². The van der Waals surface area contributed by atoms with E-state index in [0.717, 1.165) is 31.7 Å². The van der Waals surface area contributed by atoms with Crippen molar-refractivity contribution in [3.63, 3.8) is 0 Å². The number of para-hydroxylation sites is 1. The Labute approximate surface area is 210 Å². The standard InChI is InChI=1S/C27H27N3O4S/c31-25(20-8-7-13-24(19-20)34-17-16-33-23-11-2-1-3-12-23)29-27(35)28-22-10-6-9-21(18-22)26(32)30-14-4-5-15-30/h1-3,6-13,18-19H,4-5,14-17H2,(H2,28,29,31,35). The maximum absolute atomic E-state index is 12.7. The van der Waals surface area contributed by atoms with Crippen molar-refractivity contribution in [2.45, 2.75) is 12.8 Å². The first-order valence-electron chi connectivity index (χ1n) is 11.5. The zero-order chi connectivity index (χ0) is 24.5. The third-order valence-corrected chi connectivity index (χ3v) is 5.65. The number of nitrogens with zero attached hydrogens (tertiary/aromatic N) is 1. The van der Waals surface area contributed by atoms with Crippen molar-refractivity contribution >= 4 is 34.8 Å². The van der Waals surface area contributed by atoms with Crippen molar-refractivity contribution in [2.24, 2.45) is 0 Å². The molecule has 1 saturated heterocycles. The third kappa shape index (κ3) is 7.04. The summed E-state index contributed by atoms with van der Waals surface area (Å²) in [6, 6.07) is 23.5. The predicted molar refractivity (Wildman–Crippen MR) is 139 cm³/mol. The molecule has 35 heavy (non-hydrogen) atoms. The van der Waals surface area contributed by atoms with E-state index in [1.54, 1.807) is 48.5 Å². The van der Waals surface area contributed by atoms with Crippen LogP contribution in [0.15, 0.2) is 78.9 Å². The van der Waals surface area contributed by atoms with Crippen LogP contribution in [0, 0.1) is 0 Å². The molecule has 0 unspecified atom stereocenters. The number of rotatable bonds is 8. The number of carbonyl (C=O) groups is 2. The van der Waals surface area contributed by atoms with E-state index in [9.17, 15) is 9.59 Å². The number of ether oxygens (including phenoxy) is 2. The Morgan fingerprint density at radius 2 is 1.46 bits per heavy atom. The molecule has 1 aliphatic rings. The molecule has 0 radical (unpaired) electrons. The molecule has 2 N–H and O–H groups in total. The van der Waals surface area contributed by atoms with Crippen LogP contribution in [-0.4, -0.2) is 48.1 Å². The van der Waals surface area contributed by atoms with Crippen molar-refractivity contribution in [1.29, 1.82) is 0 Å². The first kappa shape index (κ1) is 24.2. The highest BCUT2D eigenvalue weighted by molar-refractivity contribution is 7.80. The van der Waals surface area contributed by atoms with Crippen LogP contribution < -0.4 is 20.1 Å². The zero-order valence-electron chi connectivity index (χ0n) is 19.2. The van der Waals surface area contributed by atoms with Gasteiger partial charge in [-0.3, -0.25) is 14.9 Å². The number of hydrogen-bond acceptors (Lipinski definition) is 5. The molecular weight excluding hydrogens is 462 g/mol. The van der Waals surface area contributed by atoms with Crippen molar-refractivity contribution in [2.75, 3.05) is 31.6 Å². The van der Waals surface area contributed by atoms with E-state index in [0.29, 0.717) is 35.8 Å². The van der Waals surface area contributed by atoms with Crippen LogP contribution in [0.3, 0.4) is 0 Å². The van der Waals surface area contributed by atoms with Crippen LogP contribution in [0.25, 0.3) is 0 Å². The van der Waals surface area contributed by atoms with Gasteiger partial charge in [0.1, 0.15) is 24.7 Å². The average molecular weight is 490 g/mol.